The zero-order chi connectivity index (χ0) is 15.6. The maximum atomic E-state index is 13.3. The van der Waals surface area contributed by atoms with Gasteiger partial charge in [-0.2, -0.15) is 5.10 Å². The lowest BCUT2D eigenvalue weighted by molar-refractivity contribution is 0.0691. The number of benzene rings is 1. The molecule has 2 aromatic rings. The first kappa shape index (κ1) is 15.5. The molecule has 0 unspecified atom stereocenters. The third kappa shape index (κ3) is 3.24. The summed E-state index contributed by atoms with van der Waals surface area (Å²) in [6, 6.07) is 3.34. The number of aryl methyl sites for hydroxylation is 2. The van der Waals surface area contributed by atoms with Crippen LogP contribution in [0.25, 0.3) is 0 Å². The fraction of sp³-hybridized carbons (Fsp3) is 0.286. The van der Waals surface area contributed by atoms with Crippen LogP contribution >= 0.6 is 15.9 Å². The van der Waals surface area contributed by atoms with E-state index in [1.807, 2.05) is 6.92 Å². The largest absolute Gasteiger partial charge is 0.486 e. The molecule has 1 aromatic carbocycles. The molecule has 112 valence electrons. The van der Waals surface area contributed by atoms with Crippen molar-refractivity contribution in [2.45, 2.75) is 20.0 Å². The van der Waals surface area contributed by atoms with Gasteiger partial charge in [-0.1, -0.05) is 6.92 Å². The zero-order valence-electron chi connectivity index (χ0n) is 11.6. The molecule has 0 fully saturated rings. The summed E-state index contributed by atoms with van der Waals surface area (Å²) in [5.74, 6) is -1.72. The Morgan fingerprint density at radius 3 is 2.81 bits per heavy atom. The quantitative estimate of drug-likeness (QED) is 0.893. The molecule has 0 spiro atoms. The normalized spacial score (nSPS) is 10.7. The van der Waals surface area contributed by atoms with Crippen molar-refractivity contribution in [3.05, 3.63) is 45.4 Å². The average Bonchev–Trinajstić information content (AvgIpc) is 2.71. The number of carboxylic acid groups (broad SMARTS) is 1. The molecule has 7 heteroatoms. The van der Waals surface area contributed by atoms with Crippen LogP contribution in [0.15, 0.2) is 22.7 Å². The van der Waals surface area contributed by atoms with Crippen LogP contribution < -0.4 is 4.74 Å². The minimum Gasteiger partial charge on any atom is -0.486 e. The van der Waals surface area contributed by atoms with Gasteiger partial charge in [0.1, 0.15) is 23.7 Å². The number of rotatable bonds is 5. The number of carbonyl (C=O) groups is 1. The summed E-state index contributed by atoms with van der Waals surface area (Å²) in [6.45, 7) is 2.07. The van der Waals surface area contributed by atoms with Gasteiger partial charge in [-0.25, -0.2) is 9.18 Å². The van der Waals surface area contributed by atoms with E-state index in [1.165, 1.54) is 6.07 Å². The minimum atomic E-state index is -1.16. The molecular weight excluding hydrogens is 343 g/mol. The van der Waals surface area contributed by atoms with Crippen molar-refractivity contribution in [2.75, 3.05) is 0 Å². The van der Waals surface area contributed by atoms with E-state index in [0.717, 1.165) is 34.4 Å². The molecule has 5 nitrogen and oxygen atoms in total. The maximum absolute atomic E-state index is 13.3. The van der Waals surface area contributed by atoms with Gasteiger partial charge in [0.25, 0.3) is 0 Å². The summed E-state index contributed by atoms with van der Waals surface area (Å²) in [7, 11) is 1.77. The SMILES string of the molecule is CCc1nn(C)c(COc2cc(F)ccc2C(=O)O)c1Br. The van der Waals surface area contributed by atoms with Gasteiger partial charge < -0.3 is 9.84 Å². The van der Waals surface area contributed by atoms with Gasteiger partial charge in [-0.15, -0.1) is 0 Å². The Labute approximate surface area is 129 Å². The highest BCUT2D eigenvalue weighted by molar-refractivity contribution is 9.10. The topological polar surface area (TPSA) is 64.4 Å². The van der Waals surface area contributed by atoms with E-state index >= 15 is 0 Å². The molecule has 0 atom stereocenters. The molecule has 0 aliphatic rings. The van der Waals surface area contributed by atoms with Crippen molar-refractivity contribution >= 4 is 21.9 Å². The first-order valence-electron chi connectivity index (χ1n) is 6.30. The van der Waals surface area contributed by atoms with Crippen molar-refractivity contribution < 1.29 is 19.0 Å². The molecule has 1 heterocycles. The van der Waals surface area contributed by atoms with E-state index in [-0.39, 0.29) is 17.9 Å². The summed E-state index contributed by atoms with van der Waals surface area (Å²) >= 11 is 3.44. The predicted molar refractivity (Wildman–Crippen MR) is 78.0 cm³/mol. The smallest absolute Gasteiger partial charge is 0.339 e. The summed E-state index contributed by atoms with van der Waals surface area (Å²) in [6.07, 6.45) is 0.759. The second-order valence-electron chi connectivity index (χ2n) is 4.42. The first-order valence-corrected chi connectivity index (χ1v) is 7.09. The fourth-order valence-electron chi connectivity index (χ4n) is 1.92. The summed E-state index contributed by atoms with van der Waals surface area (Å²) in [5, 5.41) is 13.4. The molecule has 0 radical (unpaired) electrons. The number of halogens is 2. The molecular formula is C14H14BrFN2O3. The molecule has 1 N–H and O–H groups in total. The second kappa shape index (κ2) is 6.26. The first-order chi connectivity index (χ1) is 9.93. The van der Waals surface area contributed by atoms with Crippen LogP contribution in [0.3, 0.4) is 0 Å². The molecule has 2 rings (SSSR count). The van der Waals surface area contributed by atoms with Gasteiger partial charge in [-0.3, -0.25) is 4.68 Å². The van der Waals surface area contributed by atoms with Crippen molar-refractivity contribution in [2.24, 2.45) is 7.05 Å². The Bertz CT molecular complexity index is 685. The number of hydrogen-bond acceptors (Lipinski definition) is 3. The lowest BCUT2D eigenvalue weighted by Crippen LogP contribution is -2.07. The van der Waals surface area contributed by atoms with E-state index in [0.29, 0.717) is 0 Å². The van der Waals surface area contributed by atoms with Crippen molar-refractivity contribution in [1.82, 2.24) is 9.78 Å². The van der Waals surface area contributed by atoms with Crippen LogP contribution in [-0.2, 0) is 20.1 Å². The van der Waals surface area contributed by atoms with Crippen LogP contribution in [-0.4, -0.2) is 20.9 Å². The summed E-state index contributed by atoms with van der Waals surface area (Å²) in [5.41, 5.74) is 1.56. The Morgan fingerprint density at radius 1 is 1.52 bits per heavy atom. The summed E-state index contributed by atoms with van der Waals surface area (Å²) < 4.78 is 21.2. The Balaban J connectivity index is 2.26. The van der Waals surface area contributed by atoms with Crippen molar-refractivity contribution in [1.29, 1.82) is 0 Å². The Kier molecular flexibility index (Phi) is 4.62. The molecule has 0 saturated heterocycles. The number of hydrogen-bond donors (Lipinski definition) is 1. The zero-order valence-corrected chi connectivity index (χ0v) is 13.1. The van der Waals surface area contributed by atoms with Gasteiger partial charge in [-0.05, 0) is 34.5 Å². The maximum Gasteiger partial charge on any atom is 0.339 e. The highest BCUT2D eigenvalue weighted by atomic mass is 79.9. The fourth-order valence-corrected chi connectivity index (χ4v) is 2.65. The lowest BCUT2D eigenvalue weighted by atomic mass is 10.2. The monoisotopic (exact) mass is 356 g/mol. The molecule has 0 aliphatic heterocycles. The molecule has 0 saturated carbocycles. The number of nitrogens with zero attached hydrogens (tertiary/aromatic N) is 2. The number of aromatic carboxylic acids is 1. The highest BCUT2D eigenvalue weighted by Crippen LogP contribution is 2.25. The Morgan fingerprint density at radius 2 is 2.24 bits per heavy atom. The van der Waals surface area contributed by atoms with Gasteiger partial charge in [0.15, 0.2) is 0 Å². The van der Waals surface area contributed by atoms with E-state index in [1.54, 1.807) is 11.7 Å². The van der Waals surface area contributed by atoms with E-state index in [9.17, 15) is 9.18 Å². The number of carboxylic acids is 1. The van der Waals surface area contributed by atoms with E-state index < -0.39 is 11.8 Å². The van der Waals surface area contributed by atoms with Crippen LogP contribution in [0, 0.1) is 5.82 Å². The molecule has 21 heavy (non-hydrogen) atoms. The van der Waals surface area contributed by atoms with E-state index in [2.05, 4.69) is 21.0 Å². The second-order valence-corrected chi connectivity index (χ2v) is 5.21. The number of aromatic nitrogens is 2. The van der Waals surface area contributed by atoms with Crippen LogP contribution in [0.1, 0.15) is 28.7 Å². The predicted octanol–water partition coefficient (Wildman–Crippen LogP) is 3.16. The standard InChI is InChI=1S/C14H14BrFN2O3/c1-3-10-13(15)11(18(2)17-10)7-21-12-6-8(16)4-5-9(12)14(19)20/h4-6H,3,7H2,1-2H3,(H,19,20). The average molecular weight is 357 g/mol. The van der Waals surface area contributed by atoms with E-state index in [4.69, 9.17) is 9.84 Å². The third-order valence-corrected chi connectivity index (χ3v) is 3.96. The van der Waals surface area contributed by atoms with Gasteiger partial charge in [0, 0.05) is 13.1 Å². The van der Waals surface area contributed by atoms with Crippen LogP contribution in [0.2, 0.25) is 0 Å². The lowest BCUT2D eigenvalue weighted by Gasteiger charge is -2.10. The van der Waals surface area contributed by atoms with Crippen LogP contribution in [0.5, 0.6) is 5.75 Å². The third-order valence-electron chi connectivity index (χ3n) is 3.04. The van der Waals surface area contributed by atoms with Gasteiger partial charge in [0.05, 0.1) is 15.9 Å². The highest BCUT2D eigenvalue weighted by Gasteiger charge is 2.16. The summed E-state index contributed by atoms with van der Waals surface area (Å²) in [4.78, 5) is 11.1. The van der Waals surface area contributed by atoms with Crippen LogP contribution in [0.4, 0.5) is 4.39 Å². The molecule has 0 amide bonds. The molecule has 0 aliphatic carbocycles. The van der Waals surface area contributed by atoms with Crippen molar-refractivity contribution in [3.8, 4) is 5.75 Å². The number of ether oxygens (including phenoxy) is 1. The Hall–Kier alpha value is -1.89. The van der Waals surface area contributed by atoms with Gasteiger partial charge in [0.2, 0.25) is 0 Å². The minimum absolute atomic E-state index is 0.00588. The van der Waals surface area contributed by atoms with Crippen molar-refractivity contribution in [3.63, 3.8) is 0 Å². The molecule has 1 aromatic heterocycles. The van der Waals surface area contributed by atoms with Gasteiger partial charge >= 0.3 is 5.97 Å². The molecule has 0 bridgehead atoms.